The first-order valence-electron chi connectivity index (χ1n) is 6.05. The summed E-state index contributed by atoms with van der Waals surface area (Å²) in [5.41, 5.74) is 0. The smallest absolute Gasteiger partial charge is 0.233 e. The molecule has 16 heavy (non-hydrogen) atoms. The number of amides is 2. The van der Waals surface area contributed by atoms with Gasteiger partial charge in [-0.05, 0) is 6.42 Å². The first kappa shape index (κ1) is 10.2. The van der Waals surface area contributed by atoms with E-state index in [0.717, 1.165) is 39.1 Å². The van der Waals surface area contributed by atoms with Crippen molar-refractivity contribution in [3.05, 3.63) is 0 Å². The Morgan fingerprint density at radius 2 is 1.69 bits per heavy atom. The number of nitrogens with one attached hydrogen (secondary N) is 1. The molecular weight excluding hydrogens is 206 g/mol. The van der Waals surface area contributed by atoms with E-state index >= 15 is 0 Å². The third-order valence-electron chi connectivity index (χ3n) is 3.81. The van der Waals surface area contributed by atoms with Gasteiger partial charge in [0.25, 0.3) is 0 Å². The van der Waals surface area contributed by atoms with E-state index < -0.39 is 0 Å². The van der Waals surface area contributed by atoms with Crippen LogP contribution in [-0.2, 0) is 9.59 Å². The Kier molecular flexibility index (Phi) is 2.44. The molecule has 1 saturated carbocycles. The fraction of sp³-hybridized carbons (Fsp3) is 0.818. The first-order chi connectivity index (χ1) is 7.77. The monoisotopic (exact) mass is 223 g/mol. The van der Waals surface area contributed by atoms with E-state index in [1.807, 2.05) is 0 Å². The summed E-state index contributed by atoms with van der Waals surface area (Å²) in [6.45, 7) is 5.47. The Morgan fingerprint density at radius 1 is 1.06 bits per heavy atom. The van der Waals surface area contributed by atoms with Crippen molar-refractivity contribution < 1.29 is 9.59 Å². The maximum absolute atomic E-state index is 11.7. The van der Waals surface area contributed by atoms with Gasteiger partial charge in [0.05, 0.1) is 11.8 Å². The van der Waals surface area contributed by atoms with Gasteiger partial charge in [-0.3, -0.25) is 19.4 Å². The van der Waals surface area contributed by atoms with E-state index in [-0.39, 0.29) is 23.7 Å². The molecule has 5 nitrogen and oxygen atoms in total. The van der Waals surface area contributed by atoms with Crippen molar-refractivity contribution in [2.45, 2.75) is 6.42 Å². The van der Waals surface area contributed by atoms with Gasteiger partial charge in [0, 0.05) is 39.3 Å². The van der Waals surface area contributed by atoms with Crippen molar-refractivity contribution in [2.75, 3.05) is 39.3 Å². The molecule has 3 aliphatic rings. The van der Waals surface area contributed by atoms with Gasteiger partial charge in [-0.2, -0.15) is 0 Å². The van der Waals surface area contributed by atoms with Crippen LogP contribution < -0.4 is 5.32 Å². The van der Waals surface area contributed by atoms with Crippen LogP contribution in [0.25, 0.3) is 0 Å². The Morgan fingerprint density at radius 3 is 2.31 bits per heavy atom. The van der Waals surface area contributed by atoms with Crippen LogP contribution in [-0.4, -0.2) is 60.9 Å². The summed E-state index contributed by atoms with van der Waals surface area (Å²) < 4.78 is 0. The number of hydrogen-bond acceptors (Lipinski definition) is 4. The Bertz CT molecular complexity index is 305. The van der Waals surface area contributed by atoms with Crippen LogP contribution >= 0.6 is 0 Å². The number of rotatable bonds is 3. The van der Waals surface area contributed by atoms with Gasteiger partial charge in [-0.15, -0.1) is 0 Å². The first-order valence-corrected chi connectivity index (χ1v) is 6.05. The third-order valence-corrected chi connectivity index (χ3v) is 3.81. The van der Waals surface area contributed by atoms with Crippen LogP contribution in [0.4, 0.5) is 0 Å². The SMILES string of the molecule is O=C1C2CC2C(=O)N1CCN1CCNCC1. The molecule has 2 atom stereocenters. The number of piperazine rings is 1. The zero-order chi connectivity index (χ0) is 11.1. The van der Waals surface area contributed by atoms with Gasteiger partial charge in [-0.25, -0.2) is 0 Å². The van der Waals surface area contributed by atoms with Crippen molar-refractivity contribution in [1.82, 2.24) is 15.1 Å². The maximum atomic E-state index is 11.7. The number of likely N-dealkylation sites (tertiary alicyclic amines) is 1. The van der Waals surface area contributed by atoms with Gasteiger partial charge in [0.2, 0.25) is 11.8 Å². The van der Waals surface area contributed by atoms with Gasteiger partial charge in [-0.1, -0.05) is 0 Å². The minimum absolute atomic E-state index is 0.0514. The fourth-order valence-corrected chi connectivity index (χ4v) is 2.65. The molecule has 2 heterocycles. The zero-order valence-corrected chi connectivity index (χ0v) is 9.32. The van der Waals surface area contributed by atoms with Gasteiger partial charge in [0.15, 0.2) is 0 Å². The number of imide groups is 1. The molecular formula is C11H17N3O2. The molecule has 88 valence electrons. The number of fused-ring (bicyclic) bond motifs is 1. The topological polar surface area (TPSA) is 52.7 Å². The lowest BCUT2D eigenvalue weighted by Gasteiger charge is -2.28. The number of nitrogens with zero attached hydrogens (tertiary/aromatic N) is 2. The standard InChI is InChI=1S/C11H17N3O2/c15-10-8-7-9(8)11(16)14(10)6-5-13-3-1-12-2-4-13/h8-9,12H,1-7H2. The summed E-state index contributed by atoms with van der Waals surface area (Å²) in [7, 11) is 0. The highest BCUT2D eigenvalue weighted by Crippen LogP contribution is 2.46. The molecule has 0 bridgehead atoms. The predicted octanol–water partition coefficient (Wildman–Crippen LogP) is -1.10. The molecule has 2 unspecified atom stereocenters. The quantitative estimate of drug-likeness (QED) is 0.617. The van der Waals surface area contributed by atoms with Crippen LogP contribution in [0.1, 0.15) is 6.42 Å². The van der Waals surface area contributed by atoms with E-state index in [0.29, 0.717) is 6.54 Å². The molecule has 0 aromatic heterocycles. The number of carbonyl (C=O) groups excluding carboxylic acids is 2. The number of piperidine rings is 1. The fourth-order valence-electron chi connectivity index (χ4n) is 2.65. The highest BCUT2D eigenvalue weighted by molar-refractivity contribution is 6.08. The highest BCUT2D eigenvalue weighted by atomic mass is 16.2. The molecule has 5 heteroatoms. The average Bonchev–Trinajstić information content (AvgIpc) is 3.05. The molecule has 1 aliphatic carbocycles. The molecule has 0 spiro atoms. The lowest BCUT2D eigenvalue weighted by molar-refractivity contribution is -0.141. The number of hydrogen-bond donors (Lipinski definition) is 1. The molecule has 3 rings (SSSR count). The van der Waals surface area contributed by atoms with Crippen LogP contribution in [0, 0.1) is 11.8 Å². The van der Waals surface area contributed by atoms with Crippen molar-refractivity contribution in [3.63, 3.8) is 0 Å². The summed E-state index contributed by atoms with van der Waals surface area (Å²) in [5.74, 6) is 0.251. The van der Waals surface area contributed by atoms with Crippen molar-refractivity contribution in [2.24, 2.45) is 11.8 Å². The molecule has 0 aromatic rings. The third kappa shape index (κ3) is 1.64. The van der Waals surface area contributed by atoms with E-state index in [1.165, 1.54) is 4.90 Å². The molecule has 2 saturated heterocycles. The van der Waals surface area contributed by atoms with E-state index in [4.69, 9.17) is 0 Å². The Labute approximate surface area is 94.8 Å². The van der Waals surface area contributed by atoms with E-state index in [1.54, 1.807) is 0 Å². The summed E-state index contributed by atoms with van der Waals surface area (Å²) in [6.07, 6.45) is 0.807. The minimum atomic E-state index is 0.0514. The summed E-state index contributed by atoms with van der Waals surface area (Å²) in [5, 5.41) is 3.29. The Balaban J connectivity index is 1.51. The molecule has 2 amide bonds. The van der Waals surface area contributed by atoms with Crippen LogP contribution in [0.3, 0.4) is 0 Å². The zero-order valence-electron chi connectivity index (χ0n) is 9.32. The van der Waals surface area contributed by atoms with E-state index in [2.05, 4.69) is 10.2 Å². The van der Waals surface area contributed by atoms with Crippen LogP contribution in [0.15, 0.2) is 0 Å². The van der Waals surface area contributed by atoms with Crippen molar-refractivity contribution in [1.29, 1.82) is 0 Å². The lowest BCUT2D eigenvalue weighted by Crippen LogP contribution is -2.47. The predicted molar refractivity (Wildman–Crippen MR) is 57.6 cm³/mol. The Hall–Kier alpha value is -0.940. The van der Waals surface area contributed by atoms with Gasteiger partial charge < -0.3 is 5.32 Å². The maximum Gasteiger partial charge on any atom is 0.233 e. The van der Waals surface area contributed by atoms with Crippen LogP contribution in [0.2, 0.25) is 0 Å². The van der Waals surface area contributed by atoms with Crippen LogP contribution in [0.5, 0.6) is 0 Å². The molecule has 0 aromatic carbocycles. The normalized spacial score (nSPS) is 34.4. The molecule has 0 radical (unpaired) electrons. The molecule has 3 fully saturated rings. The second-order valence-electron chi connectivity index (χ2n) is 4.87. The molecule has 1 N–H and O–H groups in total. The van der Waals surface area contributed by atoms with Crippen molar-refractivity contribution in [3.8, 4) is 0 Å². The minimum Gasteiger partial charge on any atom is -0.314 e. The second kappa shape index (κ2) is 3.82. The molecule has 2 aliphatic heterocycles. The number of carbonyl (C=O) groups is 2. The van der Waals surface area contributed by atoms with Gasteiger partial charge in [0.1, 0.15) is 0 Å². The lowest BCUT2D eigenvalue weighted by atomic mass is 10.3. The van der Waals surface area contributed by atoms with E-state index in [9.17, 15) is 9.59 Å². The van der Waals surface area contributed by atoms with Gasteiger partial charge >= 0.3 is 0 Å². The summed E-state index contributed by atoms with van der Waals surface area (Å²) >= 11 is 0. The highest BCUT2D eigenvalue weighted by Gasteiger charge is 2.58. The average molecular weight is 223 g/mol. The summed E-state index contributed by atoms with van der Waals surface area (Å²) in [6, 6.07) is 0. The largest absolute Gasteiger partial charge is 0.314 e. The van der Waals surface area contributed by atoms with Crippen molar-refractivity contribution >= 4 is 11.8 Å². The summed E-state index contributed by atoms with van der Waals surface area (Å²) in [4.78, 5) is 27.2. The second-order valence-corrected chi connectivity index (χ2v) is 4.87.